The third-order valence-corrected chi connectivity index (χ3v) is 6.68. The van der Waals surface area contributed by atoms with Crippen molar-refractivity contribution in [3.8, 4) is 0 Å². The molecule has 1 atom stereocenters. The lowest BCUT2D eigenvalue weighted by Gasteiger charge is -2.47. The molecule has 1 amide bonds. The standard InChI is InChI=1S/C24H34N2O/c1-17(25-26-22(27)18-10-7-6-8-11-18)14-20-15-19-12-9-13-23(2,3)21(19)16-24(20,4)5/h6-8,10-11,20H,9,12-16H2,1-5H3,(H,26,27)/b25-17-/t20-/m1/s1. The second-order valence-corrected chi connectivity index (χ2v) is 9.74. The van der Waals surface area contributed by atoms with Crippen molar-refractivity contribution in [2.75, 3.05) is 0 Å². The molecule has 0 aliphatic heterocycles. The average molecular weight is 367 g/mol. The fourth-order valence-corrected chi connectivity index (χ4v) is 4.84. The van der Waals surface area contributed by atoms with Gasteiger partial charge in [0.1, 0.15) is 0 Å². The van der Waals surface area contributed by atoms with Gasteiger partial charge in [0.2, 0.25) is 0 Å². The van der Waals surface area contributed by atoms with Crippen molar-refractivity contribution in [3.63, 3.8) is 0 Å². The van der Waals surface area contributed by atoms with E-state index in [-0.39, 0.29) is 11.3 Å². The molecule has 3 nitrogen and oxygen atoms in total. The Morgan fingerprint density at radius 2 is 1.89 bits per heavy atom. The smallest absolute Gasteiger partial charge is 0.267 e. The fraction of sp³-hybridized carbons (Fsp3) is 0.583. The molecule has 0 radical (unpaired) electrons. The number of hydrogen-bond donors (Lipinski definition) is 1. The number of nitrogens with zero attached hydrogens (tertiary/aromatic N) is 1. The lowest BCUT2D eigenvalue weighted by molar-refractivity contribution is 0.0954. The van der Waals surface area contributed by atoms with Gasteiger partial charge < -0.3 is 0 Å². The molecule has 0 saturated heterocycles. The number of carbonyl (C=O) groups excluding carboxylic acids is 1. The van der Waals surface area contributed by atoms with Crippen molar-refractivity contribution in [1.82, 2.24) is 5.43 Å². The molecule has 0 heterocycles. The number of carbonyl (C=O) groups is 1. The molecule has 27 heavy (non-hydrogen) atoms. The molecule has 2 aliphatic rings. The summed E-state index contributed by atoms with van der Waals surface area (Å²) in [4.78, 5) is 12.2. The lowest BCUT2D eigenvalue weighted by Crippen LogP contribution is -2.36. The highest BCUT2D eigenvalue weighted by molar-refractivity contribution is 5.95. The SMILES string of the molecule is C/C(C[C@@H]1CC2=C(CC1(C)C)C(C)(C)CCC2)=N/NC(=O)c1ccccc1. The summed E-state index contributed by atoms with van der Waals surface area (Å²) < 4.78 is 0. The van der Waals surface area contributed by atoms with Crippen LogP contribution in [0.15, 0.2) is 46.6 Å². The highest BCUT2D eigenvalue weighted by Crippen LogP contribution is 2.54. The van der Waals surface area contributed by atoms with Crippen LogP contribution in [-0.2, 0) is 0 Å². The molecule has 0 spiro atoms. The number of hydrazone groups is 1. The molecule has 1 aromatic rings. The van der Waals surface area contributed by atoms with E-state index in [9.17, 15) is 4.79 Å². The van der Waals surface area contributed by atoms with Crippen LogP contribution in [0.5, 0.6) is 0 Å². The second kappa shape index (κ2) is 7.61. The third kappa shape index (κ3) is 4.51. The number of amides is 1. The van der Waals surface area contributed by atoms with E-state index in [0.717, 1.165) is 12.1 Å². The molecule has 0 fully saturated rings. The van der Waals surface area contributed by atoms with Gasteiger partial charge in [-0.25, -0.2) is 5.43 Å². The zero-order valence-electron chi connectivity index (χ0n) is 17.6. The van der Waals surface area contributed by atoms with Crippen LogP contribution in [0, 0.1) is 16.7 Å². The highest BCUT2D eigenvalue weighted by atomic mass is 16.2. The molecule has 1 aromatic carbocycles. The van der Waals surface area contributed by atoms with E-state index in [1.807, 2.05) is 37.3 Å². The van der Waals surface area contributed by atoms with Gasteiger partial charge in [0.15, 0.2) is 0 Å². The molecule has 3 rings (SSSR count). The zero-order valence-corrected chi connectivity index (χ0v) is 17.6. The second-order valence-electron chi connectivity index (χ2n) is 9.74. The normalized spacial score (nSPS) is 24.3. The van der Waals surface area contributed by atoms with E-state index >= 15 is 0 Å². The van der Waals surface area contributed by atoms with Gasteiger partial charge in [0.05, 0.1) is 0 Å². The van der Waals surface area contributed by atoms with Crippen LogP contribution >= 0.6 is 0 Å². The van der Waals surface area contributed by atoms with Gasteiger partial charge in [-0.1, -0.05) is 57.0 Å². The summed E-state index contributed by atoms with van der Waals surface area (Å²) in [5, 5.41) is 4.39. The van der Waals surface area contributed by atoms with Crippen LogP contribution in [-0.4, -0.2) is 11.6 Å². The quantitative estimate of drug-likeness (QED) is 0.389. The summed E-state index contributed by atoms with van der Waals surface area (Å²) in [5.41, 5.74) is 8.44. The highest BCUT2D eigenvalue weighted by Gasteiger charge is 2.41. The molecular formula is C24H34N2O. The summed E-state index contributed by atoms with van der Waals surface area (Å²) in [6.07, 6.45) is 7.23. The van der Waals surface area contributed by atoms with E-state index in [4.69, 9.17) is 0 Å². The number of nitrogens with one attached hydrogen (secondary N) is 1. The van der Waals surface area contributed by atoms with Crippen LogP contribution in [0.3, 0.4) is 0 Å². The Balaban J connectivity index is 1.68. The molecule has 0 saturated carbocycles. The first-order chi connectivity index (χ1) is 12.7. The van der Waals surface area contributed by atoms with Gasteiger partial charge >= 0.3 is 0 Å². The van der Waals surface area contributed by atoms with Gasteiger partial charge in [-0.15, -0.1) is 0 Å². The Morgan fingerprint density at radius 1 is 1.19 bits per heavy atom. The first-order valence-electron chi connectivity index (χ1n) is 10.3. The van der Waals surface area contributed by atoms with Gasteiger partial charge in [-0.05, 0) is 74.3 Å². The maximum absolute atomic E-state index is 12.2. The Hall–Kier alpha value is -1.90. The molecule has 146 valence electrons. The molecular weight excluding hydrogens is 332 g/mol. The molecule has 2 aliphatic carbocycles. The minimum Gasteiger partial charge on any atom is -0.267 e. The molecule has 0 bridgehead atoms. The first kappa shape index (κ1) is 19.9. The van der Waals surface area contributed by atoms with Crippen LogP contribution in [0.1, 0.15) is 83.5 Å². The van der Waals surface area contributed by atoms with Crippen molar-refractivity contribution < 1.29 is 4.79 Å². The molecule has 0 unspecified atom stereocenters. The van der Waals surface area contributed by atoms with E-state index < -0.39 is 0 Å². The van der Waals surface area contributed by atoms with Crippen molar-refractivity contribution >= 4 is 11.6 Å². The van der Waals surface area contributed by atoms with Gasteiger partial charge in [-0.2, -0.15) is 5.10 Å². The van der Waals surface area contributed by atoms with Crippen molar-refractivity contribution in [2.45, 2.75) is 73.1 Å². The minimum atomic E-state index is -0.142. The van der Waals surface area contributed by atoms with Crippen molar-refractivity contribution in [1.29, 1.82) is 0 Å². The van der Waals surface area contributed by atoms with Gasteiger partial charge in [0, 0.05) is 11.3 Å². The first-order valence-corrected chi connectivity index (χ1v) is 10.3. The summed E-state index contributed by atoms with van der Waals surface area (Å²) in [6, 6.07) is 9.26. The van der Waals surface area contributed by atoms with Crippen LogP contribution in [0.25, 0.3) is 0 Å². The average Bonchev–Trinajstić information content (AvgIpc) is 2.61. The van der Waals surface area contributed by atoms with E-state index in [0.29, 0.717) is 16.9 Å². The topological polar surface area (TPSA) is 41.5 Å². The summed E-state index contributed by atoms with van der Waals surface area (Å²) >= 11 is 0. The van der Waals surface area contributed by atoms with Crippen molar-refractivity contribution in [3.05, 3.63) is 47.0 Å². The fourth-order valence-electron chi connectivity index (χ4n) is 4.84. The number of allylic oxidation sites excluding steroid dienone is 2. The summed E-state index contributed by atoms with van der Waals surface area (Å²) in [6.45, 7) is 11.7. The predicted octanol–water partition coefficient (Wildman–Crippen LogP) is 6.13. The maximum Gasteiger partial charge on any atom is 0.271 e. The van der Waals surface area contributed by atoms with Crippen LogP contribution < -0.4 is 5.43 Å². The van der Waals surface area contributed by atoms with Crippen LogP contribution in [0.2, 0.25) is 0 Å². The molecule has 1 N–H and O–H groups in total. The van der Waals surface area contributed by atoms with E-state index in [1.54, 1.807) is 11.1 Å². The number of hydrogen-bond acceptors (Lipinski definition) is 2. The van der Waals surface area contributed by atoms with Crippen molar-refractivity contribution in [2.24, 2.45) is 21.8 Å². The number of benzene rings is 1. The van der Waals surface area contributed by atoms with E-state index in [2.05, 4.69) is 38.2 Å². The van der Waals surface area contributed by atoms with Gasteiger partial charge in [-0.3, -0.25) is 4.79 Å². The van der Waals surface area contributed by atoms with Gasteiger partial charge in [0.25, 0.3) is 5.91 Å². The summed E-state index contributed by atoms with van der Waals surface area (Å²) in [7, 11) is 0. The monoisotopic (exact) mass is 366 g/mol. The molecule has 0 aromatic heterocycles. The predicted molar refractivity (Wildman–Crippen MR) is 113 cm³/mol. The summed E-state index contributed by atoms with van der Waals surface area (Å²) in [5.74, 6) is 0.444. The van der Waals surface area contributed by atoms with E-state index in [1.165, 1.54) is 32.1 Å². The Morgan fingerprint density at radius 3 is 2.59 bits per heavy atom. The Bertz CT molecular complexity index is 756. The molecule has 3 heteroatoms. The third-order valence-electron chi connectivity index (χ3n) is 6.68. The minimum absolute atomic E-state index is 0.142. The zero-order chi connectivity index (χ0) is 19.7. The maximum atomic E-state index is 12.2. The Labute approximate surface area is 164 Å². The van der Waals surface area contributed by atoms with Crippen LogP contribution in [0.4, 0.5) is 0 Å². The largest absolute Gasteiger partial charge is 0.271 e. The Kier molecular flexibility index (Phi) is 5.60. The lowest BCUT2D eigenvalue weighted by atomic mass is 9.57. The number of rotatable bonds is 4.